The second-order valence-corrected chi connectivity index (χ2v) is 5.13. The van der Waals surface area contributed by atoms with Gasteiger partial charge in [-0.2, -0.15) is 0 Å². The summed E-state index contributed by atoms with van der Waals surface area (Å²) in [7, 11) is 0. The van der Waals surface area contributed by atoms with Gasteiger partial charge in [-0.15, -0.1) is 0 Å². The minimum atomic E-state index is 0.272. The summed E-state index contributed by atoms with van der Waals surface area (Å²) in [6, 6.07) is 7.06. The van der Waals surface area contributed by atoms with Crippen LogP contribution in [-0.2, 0) is 0 Å². The highest BCUT2D eigenvalue weighted by atomic mass is 16.3. The van der Waals surface area contributed by atoms with Crippen molar-refractivity contribution in [1.29, 1.82) is 0 Å². The molecule has 1 N–H and O–H groups in total. The fourth-order valence-electron chi connectivity index (χ4n) is 2.83. The largest absolute Gasteiger partial charge is 0.396 e. The Morgan fingerprint density at radius 1 is 1.24 bits per heavy atom. The molecule has 1 aromatic carbocycles. The van der Waals surface area contributed by atoms with Crippen molar-refractivity contribution in [2.45, 2.75) is 39.2 Å². The van der Waals surface area contributed by atoms with Crippen molar-refractivity contribution in [3.63, 3.8) is 0 Å². The number of benzene rings is 1. The SMILES string of the molecule is Cc1ccc(C)c(C(CCO)N2CCCC2)c1. The fraction of sp³-hybridized carbons (Fsp3) is 0.600. The molecule has 2 rings (SSSR count). The predicted octanol–water partition coefficient (Wildman–Crippen LogP) is 2.82. The van der Waals surface area contributed by atoms with Crippen molar-refractivity contribution in [3.8, 4) is 0 Å². The van der Waals surface area contributed by atoms with Crippen LogP contribution in [0.1, 0.15) is 42.0 Å². The molecule has 17 heavy (non-hydrogen) atoms. The maximum absolute atomic E-state index is 9.29. The average molecular weight is 233 g/mol. The third-order valence-corrected chi connectivity index (χ3v) is 3.78. The minimum Gasteiger partial charge on any atom is -0.396 e. The van der Waals surface area contributed by atoms with Crippen LogP contribution in [0.5, 0.6) is 0 Å². The molecule has 1 fully saturated rings. The van der Waals surface area contributed by atoms with Gasteiger partial charge in [0.05, 0.1) is 0 Å². The van der Waals surface area contributed by atoms with Crippen molar-refractivity contribution in [3.05, 3.63) is 34.9 Å². The number of aryl methyl sites for hydroxylation is 2. The van der Waals surface area contributed by atoms with Crippen LogP contribution < -0.4 is 0 Å². The minimum absolute atomic E-state index is 0.272. The number of hydrogen-bond donors (Lipinski definition) is 1. The van der Waals surface area contributed by atoms with Crippen molar-refractivity contribution in [2.75, 3.05) is 19.7 Å². The summed E-state index contributed by atoms with van der Waals surface area (Å²) < 4.78 is 0. The van der Waals surface area contributed by atoms with Crippen LogP contribution in [0.4, 0.5) is 0 Å². The summed E-state index contributed by atoms with van der Waals surface area (Å²) in [5, 5.41) is 9.29. The second-order valence-electron chi connectivity index (χ2n) is 5.13. The molecule has 1 saturated heterocycles. The zero-order valence-corrected chi connectivity index (χ0v) is 10.9. The Kier molecular flexibility index (Phi) is 4.19. The Balaban J connectivity index is 2.27. The predicted molar refractivity (Wildman–Crippen MR) is 71.2 cm³/mol. The van der Waals surface area contributed by atoms with E-state index in [0.29, 0.717) is 6.04 Å². The van der Waals surface area contributed by atoms with Crippen molar-refractivity contribution in [2.24, 2.45) is 0 Å². The molecular weight excluding hydrogens is 210 g/mol. The number of aliphatic hydroxyl groups is 1. The summed E-state index contributed by atoms with van der Waals surface area (Å²) in [6.07, 6.45) is 3.45. The quantitative estimate of drug-likeness (QED) is 0.864. The molecule has 0 spiro atoms. The van der Waals surface area contributed by atoms with Crippen LogP contribution in [0.15, 0.2) is 18.2 Å². The third kappa shape index (κ3) is 2.88. The van der Waals surface area contributed by atoms with Crippen LogP contribution >= 0.6 is 0 Å². The average Bonchev–Trinajstić information content (AvgIpc) is 2.83. The number of aliphatic hydroxyl groups excluding tert-OH is 1. The summed E-state index contributed by atoms with van der Waals surface area (Å²) in [4.78, 5) is 2.53. The van der Waals surface area contributed by atoms with E-state index in [9.17, 15) is 5.11 Å². The number of likely N-dealkylation sites (tertiary alicyclic amines) is 1. The molecule has 2 nitrogen and oxygen atoms in total. The zero-order valence-electron chi connectivity index (χ0n) is 10.9. The Bertz CT molecular complexity index is 369. The zero-order chi connectivity index (χ0) is 12.3. The van der Waals surface area contributed by atoms with Crippen molar-refractivity contribution in [1.82, 2.24) is 4.90 Å². The maximum Gasteiger partial charge on any atom is 0.0449 e. The van der Waals surface area contributed by atoms with Gasteiger partial charge in [0, 0.05) is 12.6 Å². The number of nitrogens with zero attached hydrogens (tertiary/aromatic N) is 1. The van der Waals surface area contributed by atoms with E-state index in [-0.39, 0.29) is 6.61 Å². The van der Waals surface area contributed by atoms with Gasteiger partial charge in [-0.3, -0.25) is 4.90 Å². The molecule has 0 bridgehead atoms. The van der Waals surface area contributed by atoms with E-state index in [1.165, 1.54) is 42.6 Å². The number of hydrogen-bond acceptors (Lipinski definition) is 2. The molecule has 1 unspecified atom stereocenters. The summed E-state index contributed by atoms with van der Waals surface area (Å²) in [5.41, 5.74) is 4.06. The lowest BCUT2D eigenvalue weighted by atomic mass is 9.96. The van der Waals surface area contributed by atoms with Gasteiger partial charge in [-0.25, -0.2) is 0 Å². The molecule has 2 heteroatoms. The van der Waals surface area contributed by atoms with Crippen LogP contribution in [0.25, 0.3) is 0 Å². The van der Waals surface area contributed by atoms with Gasteiger partial charge in [-0.1, -0.05) is 23.8 Å². The van der Waals surface area contributed by atoms with Gasteiger partial charge in [0.15, 0.2) is 0 Å². The Hall–Kier alpha value is -0.860. The first-order chi connectivity index (χ1) is 8.22. The van der Waals surface area contributed by atoms with Gasteiger partial charge < -0.3 is 5.11 Å². The molecule has 0 saturated carbocycles. The highest BCUT2D eigenvalue weighted by molar-refractivity contribution is 5.33. The molecular formula is C15H23NO. The first kappa shape index (κ1) is 12.6. The first-order valence-electron chi connectivity index (χ1n) is 6.64. The Morgan fingerprint density at radius 3 is 2.59 bits per heavy atom. The fourth-order valence-corrected chi connectivity index (χ4v) is 2.83. The molecule has 1 aliphatic rings. The number of rotatable bonds is 4. The lowest BCUT2D eigenvalue weighted by Gasteiger charge is -2.29. The highest BCUT2D eigenvalue weighted by Gasteiger charge is 2.24. The van der Waals surface area contributed by atoms with E-state index in [1.807, 2.05) is 0 Å². The van der Waals surface area contributed by atoms with Gasteiger partial charge in [0.1, 0.15) is 0 Å². The van der Waals surface area contributed by atoms with E-state index < -0.39 is 0 Å². The smallest absolute Gasteiger partial charge is 0.0449 e. The van der Waals surface area contributed by atoms with E-state index in [2.05, 4.69) is 36.9 Å². The second kappa shape index (κ2) is 5.65. The molecule has 0 aliphatic carbocycles. The van der Waals surface area contributed by atoms with Crippen LogP contribution in [0.3, 0.4) is 0 Å². The Labute approximate surface area is 104 Å². The van der Waals surface area contributed by atoms with Gasteiger partial charge in [0.25, 0.3) is 0 Å². The summed E-state index contributed by atoms with van der Waals surface area (Å²) in [5.74, 6) is 0. The van der Waals surface area contributed by atoms with Gasteiger partial charge in [-0.05, 0) is 57.3 Å². The monoisotopic (exact) mass is 233 g/mol. The maximum atomic E-state index is 9.29. The molecule has 1 aliphatic heterocycles. The molecule has 1 heterocycles. The highest BCUT2D eigenvalue weighted by Crippen LogP contribution is 2.30. The van der Waals surface area contributed by atoms with Crippen molar-refractivity contribution >= 4 is 0 Å². The van der Waals surface area contributed by atoms with Crippen molar-refractivity contribution < 1.29 is 5.11 Å². The summed E-state index contributed by atoms with van der Waals surface area (Å²) in [6.45, 7) is 6.95. The van der Waals surface area contributed by atoms with E-state index >= 15 is 0 Å². The third-order valence-electron chi connectivity index (χ3n) is 3.78. The first-order valence-corrected chi connectivity index (χ1v) is 6.64. The van der Waals surface area contributed by atoms with Crippen LogP contribution in [-0.4, -0.2) is 29.7 Å². The van der Waals surface area contributed by atoms with E-state index in [0.717, 1.165) is 6.42 Å². The lowest BCUT2D eigenvalue weighted by molar-refractivity contribution is 0.185. The topological polar surface area (TPSA) is 23.5 Å². The molecule has 1 atom stereocenters. The van der Waals surface area contributed by atoms with E-state index in [1.54, 1.807) is 0 Å². The molecule has 94 valence electrons. The molecule has 0 amide bonds. The summed E-state index contributed by atoms with van der Waals surface area (Å²) >= 11 is 0. The van der Waals surface area contributed by atoms with Crippen LogP contribution in [0.2, 0.25) is 0 Å². The Morgan fingerprint density at radius 2 is 1.94 bits per heavy atom. The standard InChI is InChI=1S/C15H23NO/c1-12-5-6-13(2)14(11-12)15(7-10-17)16-8-3-4-9-16/h5-6,11,15,17H,3-4,7-10H2,1-2H3. The lowest BCUT2D eigenvalue weighted by Crippen LogP contribution is -2.27. The van der Waals surface area contributed by atoms with Gasteiger partial charge >= 0.3 is 0 Å². The molecule has 0 aromatic heterocycles. The normalized spacial score (nSPS) is 18.5. The van der Waals surface area contributed by atoms with Crippen LogP contribution in [0, 0.1) is 13.8 Å². The molecule has 0 radical (unpaired) electrons. The van der Waals surface area contributed by atoms with Gasteiger partial charge in [0.2, 0.25) is 0 Å². The molecule has 1 aromatic rings. The van der Waals surface area contributed by atoms with E-state index in [4.69, 9.17) is 0 Å².